The van der Waals surface area contributed by atoms with Crippen LogP contribution in [-0.2, 0) is 25.0 Å². The van der Waals surface area contributed by atoms with Crippen molar-refractivity contribution in [2.24, 2.45) is 0 Å². The van der Waals surface area contributed by atoms with Gasteiger partial charge in [0.1, 0.15) is 4.90 Å². The normalized spacial score (nSPS) is 13.6. The van der Waals surface area contributed by atoms with Gasteiger partial charge in [-0.1, -0.05) is 0 Å². The van der Waals surface area contributed by atoms with E-state index in [1.807, 2.05) is 0 Å². The van der Waals surface area contributed by atoms with Crippen LogP contribution in [0.1, 0.15) is 20.7 Å². The van der Waals surface area contributed by atoms with E-state index in [1.54, 1.807) is 0 Å². The first-order valence-electron chi connectivity index (χ1n) is 6.03. The molecule has 2 radical (unpaired) electrons. The molecule has 0 aromatic heterocycles. The molecule has 0 spiro atoms. The van der Waals surface area contributed by atoms with E-state index in [2.05, 4.69) is 4.74 Å². The van der Waals surface area contributed by atoms with E-state index in [-0.39, 0.29) is 114 Å². The largest absolute Gasteiger partial charge is 0.397 e. The third kappa shape index (κ3) is 4.33. The van der Waals surface area contributed by atoms with Crippen molar-refractivity contribution in [1.82, 2.24) is 0 Å². The molecule has 0 saturated carbocycles. The minimum absolute atomic E-state index is 0. The molecule has 0 fully saturated rings. The van der Waals surface area contributed by atoms with Crippen LogP contribution in [0.2, 0.25) is 0 Å². The van der Waals surface area contributed by atoms with Gasteiger partial charge in [-0.2, -0.15) is 16.8 Å². The molecular weight excluding hydrogens is 444 g/mol. The molecule has 10 nitrogen and oxygen atoms in total. The molecule has 0 unspecified atom stereocenters. The Balaban J connectivity index is 0.00000169. The quantitative estimate of drug-likeness (QED) is 0.177. The molecule has 0 amide bonds. The van der Waals surface area contributed by atoms with Crippen molar-refractivity contribution in [1.29, 1.82) is 0 Å². The molecule has 0 bridgehead atoms. The molecule has 1 aliphatic heterocycles. The Morgan fingerprint density at radius 1 is 0.846 bits per heavy atom. The SMILES string of the molecule is Nc1c(S(=O)(=O)O)cc2c3c(cc(S(=O)(=O)O)cc13)C(=O)OC2=O.[K].[K]. The molecule has 1 heterocycles. The number of hydrogen-bond acceptors (Lipinski definition) is 8. The molecule has 2 aromatic carbocycles. The van der Waals surface area contributed by atoms with E-state index < -0.39 is 58.8 Å². The number of esters is 2. The second kappa shape index (κ2) is 8.23. The van der Waals surface area contributed by atoms with Crippen LogP contribution in [0.25, 0.3) is 10.8 Å². The average Bonchev–Trinajstić information content (AvgIpc) is 2.43. The molecular formula is C12H7K2NO9S2. The summed E-state index contributed by atoms with van der Waals surface area (Å²) < 4.78 is 68.3. The Kier molecular flexibility index (Phi) is 7.84. The van der Waals surface area contributed by atoms with Gasteiger partial charge in [0.15, 0.2) is 0 Å². The standard InChI is InChI=1S/C12H7NO9S2.2K/c13-10-5-1-4(23(16,17)18)2-6-9(5)7(12(15)22-11(6)14)3-8(10)24(19,20)21;;/h1-3H,13H2,(H,16,17,18)(H,19,20,21);;. The van der Waals surface area contributed by atoms with Gasteiger partial charge in [-0.25, -0.2) is 9.59 Å². The number of ether oxygens (including phenoxy) is 1. The fourth-order valence-corrected chi connectivity index (χ4v) is 3.60. The summed E-state index contributed by atoms with van der Waals surface area (Å²) in [6.07, 6.45) is 0. The van der Waals surface area contributed by atoms with Gasteiger partial charge in [-0.3, -0.25) is 9.11 Å². The average molecular weight is 452 g/mol. The van der Waals surface area contributed by atoms with E-state index in [9.17, 15) is 31.0 Å². The van der Waals surface area contributed by atoms with Crippen molar-refractivity contribution in [3.8, 4) is 0 Å². The molecule has 0 atom stereocenters. The van der Waals surface area contributed by atoms with Crippen LogP contribution < -0.4 is 5.73 Å². The van der Waals surface area contributed by atoms with Crippen LogP contribution in [0.5, 0.6) is 0 Å². The van der Waals surface area contributed by atoms with Gasteiger partial charge in [-0.15, -0.1) is 0 Å². The Morgan fingerprint density at radius 3 is 1.81 bits per heavy atom. The monoisotopic (exact) mass is 451 g/mol. The third-order valence-corrected chi connectivity index (χ3v) is 5.14. The topological polar surface area (TPSA) is 178 Å². The second-order valence-corrected chi connectivity index (χ2v) is 7.67. The summed E-state index contributed by atoms with van der Waals surface area (Å²) in [5.74, 6) is -2.39. The maximum absolute atomic E-state index is 11.8. The zero-order valence-electron chi connectivity index (χ0n) is 13.4. The van der Waals surface area contributed by atoms with Crippen molar-refractivity contribution in [3.05, 3.63) is 29.3 Å². The molecule has 4 N–H and O–H groups in total. The van der Waals surface area contributed by atoms with Gasteiger partial charge in [0.25, 0.3) is 20.2 Å². The summed E-state index contributed by atoms with van der Waals surface area (Å²) in [6.45, 7) is 0. The Labute approximate surface area is 232 Å². The zero-order valence-corrected chi connectivity index (χ0v) is 21.3. The maximum Gasteiger partial charge on any atom is 0.346 e. The van der Waals surface area contributed by atoms with Crippen molar-refractivity contribution in [3.63, 3.8) is 0 Å². The number of nitrogens with two attached hydrogens (primary N) is 1. The van der Waals surface area contributed by atoms with Gasteiger partial charge in [0.2, 0.25) is 0 Å². The molecule has 128 valence electrons. The summed E-state index contributed by atoms with van der Waals surface area (Å²) in [4.78, 5) is 22.0. The summed E-state index contributed by atoms with van der Waals surface area (Å²) >= 11 is 0. The van der Waals surface area contributed by atoms with E-state index in [0.717, 1.165) is 18.2 Å². The summed E-state index contributed by atoms with van der Waals surface area (Å²) in [6, 6.07) is 2.27. The fraction of sp³-hybridized carbons (Fsp3) is 0. The van der Waals surface area contributed by atoms with Crippen LogP contribution in [0.3, 0.4) is 0 Å². The number of anilines is 1. The molecule has 1 aliphatic rings. The number of carbonyl (C=O) groups excluding carboxylic acids is 2. The zero-order chi connectivity index (χ0) is 18.0. The molecule has 26 heavy (non-hydrogen) atoms. The van der Waals surface area contributed by atoms with Gasteiger partial charge in [0, 0.05) is 114 Å². The predicted octanol–water partition coefficient (Wildman–Crippen LogP) is -0.536. The van der Waals surface area contributed by atoms with Gasteiger partial charge >= 0.3 is 11.9 Å². The van der Waals surface area contributed by atoms with Crippen molar-refractivity contribution in [2.45, 2.75) is 9.79 Å². The summed E-state index contributed by atoms with van der Waals surface area (Å²) in [7, 11) is -9.64. The van der Waals surface area contributed by atoms with Crippen LogP contribution in [0.4, 0.5) is 5.69 Å². The van der Waals surface area contributed by atoms with Crippen LogP contribution in [-0.4, -0.2) is 141 Å². The van der Waals surface area contributed by atoms with Gasteiger partial charge in [0.05, 0.1) is 21.7 Å². The summed E-state index contributed by atoms with van der Waals surface area (Å²) in [5.41, 5.74) is 4.25. The Hall–Kier alpha value is 0.733. The maximum atomic E-state index is 11.8. The first-order chi connectivity index (χ1) is 10.9. The van der Waals surface area contributed by atoms with Gasteiger partial charge in [-0.05, 0) is 18.2 Å². The second-order valence-electron chi connectivity index (χ2n) is 4.86. The first kappa shape index (κ1) is 24.8. The first-order valence-corrected chi connectivity index (χ1v) is 8.91. The van der Waals surface area contributed by atoms with Crippen LogP contribution in [0.15, 0.2) is 28.0 Å². The molecule has 2 aromatic rings. The van der Waals surface area contributed by atoms with Crippen LogP contribution in [0, 0.1) is 0 Å². The smallest absolute Gasteiger partial charge is 0.346 e. The van der Waals surface area contributed by atoms with Crippen molar-refractivity contribution in [2.75, 3.05) is 5.73 Å². The number of hydrogen-bond donors (Lipinski definition) is 3. The van der Waals surface area contributed by atoms with E-state index in [1.165, 1.54) is 0 Å². The van der Waals surface area contributed by atoms with E-state index in [0.29, 0.717) is 0 Å². The van der Waals surface area contributed by atoms with Crippen molar-refractivity contribution < 1.29 is 40.3 Å². The van der Waals surface area contributed by atoms with E-state index >= 15 is 0 Å². The predicted molar refractivity (Wildman–Crippen MR) is 89.2 cm³/mol. The van der Waals surface area contributed by atoms with E-state index in [4.69, 9.17) is 10.3 Å². The number of benzene rings is 2. The minimum atomic E-state index is -4.86. The minimum Gasteiger partial charge on any atom is -0.397 e. The Morgan fingerprint density at radius 2 is 1.35 bits per heavy atom. The third-order valence-electron chi connectivity index (χ3n) is 3.41. The number of carbonyl (C=O) groups is 2. The van der Waals surface area contributed by atoms with Crippen molar-refractivity contribution >= 4 is 151 Å². The number of cyclic esters (lactones) is 2. The number of rotatable bonds is 2. The molecule has 0 saturated heterocycles. The van der Waals surface area contributed by atoms with Gasteiger partial charge < -0.3 is 10.5 Å². The molecule has 3 rings (SSSR count). The fourth-order valence-electron chi connectivity index (χ4n) is 2.41. The number of nitrogen functional groups attached to an aromatic ring is 1. The molecule has 0 aliphatic carbocycles. The van der Waals surface area contributed by atoms with Crippen LogP contribution >= 0.6 is 0 Å². The molecule has 14 heteroatoms. The Bertz CT molecular complexity index is 1150. The summed E-state index contributed by atoms with van der Waals surface area (Å²) in [5, 5.41) is -0.469.